The maximum absolute atomic E-state index is 6.45. The Labute approximate surface area is 145 Å². The first-order chi connectivity index (χ1) is 11.3. The second kappa shape index (κ2) is 7.75. The molecule has 2 aromatic carbocycles. The second-order valence-corrected chi connectivity index (χ2v) is 6.52. The summed E-state index contributed by atoms with van der Waals surface area (Å²) < 4.78 is 11.7. The van der Waals surface area contributed by atoms with Crippen molar-refractivity contribution in [3.05, 3.63) is 58.6 Å². The minimum Gasteiger partial charge on any atom is -0.490 e. The number of thioether (sulfide) groups is 1. The quantitative estimate of drug-likeness (QED) is 0.751. The molecule has 0 bridgehead atoms. The van der Waals surface area contributed by atoms with Gasteiger partial charge in [0.05, 0.1) is 16.7 Å². The van der Waals surface area contributed by atoms with Gasteiger partial charge in [-0.3, -0.25) is 4.99 Å². The molecule has 0 unspecified atom stereocenters. The zero-order valence-corrected chi connectivity index (χ0v) is 14.5. The van der Waals surface area contributed by atoms with Crippen molar-refractivity contribution in [2.45, 2.75) is 13.5 Å². The molecule has 3 nitrogen and oxygen atoms in total. The first-order valence-electron chi connectivity index (χ1n) is 7.58. The standard InChI is InChI=1S/C18H18ClNO2S/c1-2-21-16-11-14(18-20-8-9-23-18)10-15(19)17(16)22-12-13-6-4-3-5-7-13/h3-7,10-11H,2,8-9,12H2,1H3. The fraction of sp³-hybridized carbons (Fsp3) is 0.278. The van der Waals surface area contributed by atoms with Gasteiger partial charge in [0.1, 0.15) is 6.61 Å². The van der Waals surface area contributed by atoms with Gasteiger partial charge in [-0.1, -0.05) is 41.9 Å². The third-order valence-corrected chi connectivity index (χ3v) is 4.67. The summed E-state index contributed by atoms with van der Waals surface area (Å²) in [5, 5.41) is 1.57. The first-order valence-corrected chi connectivity index (χ1v) is 8.95. The lowest BCUT2D eigenvalue weighted by atomic mass is 10.2. The van der Waals surface area contributed by atoms with Gasteiger partial charge in [-0.05, 0) is 24.6 Å². The van der Waals surface area contributed by atoms with Crippen LogP contribution >= 0.6 is 23.4 Å². The maximum atomic E-state index is 6.45. The van der Waals surface area contributed by atoms with E-state index in [9.17, 15) is 0 Å². The zero-order chi connectivity index (χ0) is 16.1. The minimum atomic E-state index is 0.454. The summed E-state index contributed by atoms with van der Waals surface area (Å²) >= 11 is 8.19. The van der Waals surface area contributed by atoms with Gasteiger partial charge >= 0.3 is 0 Å². The summed E-state index contributed by atoms with van der Waals surface area (Å²) in [4.78, 5) is 4.50. The van der Waals surface area contributed by atoms with Crippen LogP contribution in [0.5, 0.6) is 11.5 Å². The largest absolute Gasteiger partial charge is 0.490 e. The van der Waals surface area contributed by atoms with Gasteiger partial charge in [-0.2, -0.15) is 0 Å². The summed E-state index contributed by atoms with van der Waals surface area (Å²) in [7, 11) is 0. The van der Waals surface area contributed by atoms with Gasteiger partial charge in [-0.15, -0.1) is 11.8 Å². The van der Waals surface area contributed by atoms with Crippen LogP contribution in [0, 0.1) is 0 Å². The maximum Gasteiger partial charge on any atom is 0.180 e. The Morgan fingerprint density at radius 2 is 2.00 bits per heavy atom. The molecule has 0 saturated heterocycles. The average molecular weight is 348 g/mol. The Hall–Kier alpha value is -1.65. The molecule has 0 aliphatic carbocycles. The Morgan fingerprint density at radius 1 is 1.17 bits per heavy atom. The smallest absolute Gasteiger partial charge is 0.180 e. The van der Waals surface area contributed by atoms with Crippen molar-refractivity contribution in [1.82, 2.24) is 0 Å². The summed E-state index contributed by atoms with van der Waals surface area (Å²) in [5.41, 5.74) is 2.08. The third-order valence-electron chi connectivity index (χ3n) is 3.37. The van der Waals surface area contributed by atoms with Gasteiger partial charge in [0, 0.05) is 17.9 Å². The highest BCUT2D eigenvalue weighted by Crippen LogP contribution is 2.38. The number of rotatable bonds is 6. The van der Waals surface area contributed by atoms with Crippen molar-refractivity contribution in [2.24, 2.45) is 4.99 Å². The number of halogens is 1. The van der Waals surface area contributed by atoms with Crippen LogP contribution in [-0.4, -0.2) is 23.9 Å². The molecule has 0 fully saturated rings. The van der Waals surface area contributed by atoms with Crippen LogP contribution in [0.25, 0.3) is 0 Å². The average Bonchev–Trinajstić information content (AvgIpc) is 3.09. The normalized spacial score (nSPS) is 13.7. The monoisotopic (exact) mass is 347 g/mol. The number of ether oxygens (including phenoxy) is 2. The number of benzene rings is 2. The van der Waals surface area contributed by atoms with Crippen LogP contribution in [0.15, 0.2) is 47.5 Å². The van der Waals surface area contributed by atoms with Crippen molar-refractivity contribution in [3.8, 4) is 11.5 Å². The van der Waals surface area contributed by atoms with E-state index < -0.39 is 0 Å². The summed E-state index contributed by atoms with van der Waals surface area (Å²) in [5.74, 6) is 2.27. The molecule has 0 spiro atoms. The van der Waals surface area contributed by atoms with E-state index >= 15 is 0 Å². The van der Waals surface area contributed by atoms with E-state index in [-0.39, 0.29) is 0 Å². The van der Waals surface area contributed by atoms with E-state index in [1.807, 2.05) is 49.4 Å². The number of nitrogens with zero attached hydrogens (tertiary/aromatic N) is 1. The summed E-state index contributed by atoms with van der Waals surface area (Å²) in [6.45, 7) is 3.81. The van der Waals surface area contributed by atoms with Gasteiger partial charge in [-0.25, -0.2) is 0 Å². The van der Waals surface area contributed by atoms with Crippen LogP contribution in [0.2, 0.25) is 5.02 Å². The fourth-order valence-corrected chi connectivity index (χ4v) is 3.44. The van der Waals surface area contributed by atoms with E-state index in [1.165, 1.54) is 0 Å². The molecule has 0 atom stereocenters. The van der Waals surface area contributed by atoms with Gasteiger partial charge in [0.25, 0.3) is 0 Å². The van der Waals surface area contributed by atoms with Crippen molar-refractivity contribution in [3.63, 3.8) is 0 Å². The second-order valence-electron chi connectivity index (χ2n) is 5.03. The zero-order valence-electron chi connectivity index (χ0n) is 12.9. The van der Waals surface area contributed by atoms with E-state index in [4.69, 9.17) is 21.1 Å². The van der Waals surface area contributed by atoms with Gasteiger partial charge in [0.2, 0.25) is 0 Å². The van der Waals surface area contributed by atoms with Gasteiger partial charge in [0.15, 0.2) is 11.5 Å². The molecule has 1 heterocycles. The highest BCUT2D eigenvalue weighted by molar-refractivity contribution is 8.14. The Balaban J connectivity index is 1.86. The molecule has 0 radical (unpaired) electrons. The molecule has 0 amide bonds. The van der Waals surface area contributed by atoms with Crippen LogP contribution in [-0.2, 0) is 6.61 Å². The molecule has 5 heteroatoms. The number of hydrogen-bond acceptors (Lipinski definition) is 4. The molecular weight excluding hydrogens is 330 g/mol. The SMILES string of the molecule is CCOc1cc(C2=NCCS2)cc(Cl)c1OCc1ccccc1. The molecule has 2 aromatic rings. The Kier molecular flexibility index (Phi) is 5.47. The first kappa shape index (κ1) is 16.2. The molecule has 1 aliphatic rings. The van der Waals surface area contributed by atoms with E-state index in [0.717, 1.165) is 28.5 Å². The molecule has 120 valence electrons. The molecule has 0 saturated carbocycles. The van der Waals surface area contributed by atoms with Crippen molar-refractivity contribution in [1.29, 1.82) is 0 Å². The predicted octanol–water partition coefficient (Wildman–Crippen LogP) is 4.81. The van der Waals surface area contributed by atoms with Crippen LogP contribution in [0.3, 0.4) is 0 Å². The summed E-state index contributed by atoms with van der Waals surface area (Å²) in [6.07, 6.45) is 0. The number of aliphatic imine (C=N–C) groups is 1. The number of hydrogen-bond donors (Lipinski definition) is 0. The lowest BCUT2D eigenvalue weighted by Crippen LogP contribution is -2.02. The molecule has 23 heavy (non-hydrogen) atoms. The fourth-order valence-electron chi connectivity index (χ4n) is 2.33. The third kappa shape index (κ3) is 4.01. The van der Waals surface area contributed by atoms with E-state index in [2.05, 4.69) is 4.99 Å². The predicted molar refractivity (Wildman–Crippen MR) is 97.3 cm³/mol. The molecule has 0 N–H and O–H groups in total. The Bertz CT molecular complexity index is 704. The topological polar surface area (TPSA) is 30.8 Å². The lowest BCUT2D eigenvalue weighted by molar-refractivity contribution is 0.269. The van der Waals surface area contributed by atoms with E-state index in [0.29, 0.717) is 29.7 Å². The van der Waals surface area contributed by atoms with Crippen LogP contribution in [0.1, 0.15) is 18.1 Å². The van der Waals surface area contributed by atoms with Crippen molar-refractivity contribution < 1.29 is 9.47 Å². The van der Waals surface area contributed by atoms with Crippen molar-refractivity contribution >= 4 is 28.4 Å². The molecule has 3 rings (SSSR count). The van der Waals surface area contributed by atoms with Crippen molar-refractivity contribution in [2.75, 3.05) is 18.9 Å². The lowest BCUT2D eigenvalue weighted by Gasteiger charge is -2.15. The van der Waals surface area contributed by atoms with Gasteiger partial charge < -0.3 is 9.47 Å². The Morgan fingerprint density at radius 3 is 2.70 bits per heavy atom. The minimum absolute atomic E-state index is 0.454. The molecule has 1 aliphatic heterocycles. The highest BCUT2D eigenvalue weighted by Gasteiger charge is 2.17. The molecule has 0 aromatic heterocycles. The van der Waals surface area contributed by atoms with Crippen LogP contribution < -0.4 is 9.47 Å². The van der Waals surface area contributed by atoms with Crippen LogP contribution in [0.4, 0.5) is 0 Å². The summed E-state index contributed by atoms with van der Waals surface area (Å²) in [6, 6.07) is 13.9. The highest BCUT2D eigenvalue weighted by atomic mass is 35.5. The van der Waals surface area contributed by atoms with E-state index in [1.54, 1.807) is 11.8 Å². The molecular formula is C18H18ClNO2S.